The molecular formula is C17H25Cl2N3O2. The number of nitrogens with zero attached hydrogens (tertiary/aromatic N) is 2. The number of ether oxygens (including phenoxy) is 1. The molecule has 2 fully saturated rings. The van der Waals surface area contributed by atoms with E-state index in [9.17, 15) is 10.4 Å². The Balaban J connectivity index is 0.00000144. The van der Waals surface area contributed by atoms with Crippen LogP contribution < -0.4 is 10.1 Å². The molecule has 0 bridgehead atoms. The molecule has 0 aromatic heterocycles. The van der Waals surface area contributed by atoms with Gasteiger partial charge in [-0.3, -0.25) is 4.90 Å². The molecule has 0 spiro atoms. The topological polar surface area (TPSA) is 68.5 Å². The second-order valence-electron chi connectivity index (χ2n) is 6.15. The number of aromatic hydroxyl groups is 1. The SMILES string of the molecule is COc1cc(C#N)cc([C@@H](C2CCC2)N2CCNCC2)c1O.Cl.Cl. The first kappa shape index (κ1) is 20.9. The Bertz CT molecular complexity index is 582. The normalized spacial score (nSPS) is 19.2. The van der Waals surface area contributed by atoms with E-state index in [2.05, 4.69) is 16.3 Å². The first-order valence-electron chi connectivity index (χ1n) is 8.00. The van der Waals surface area contributed by atoms with Crippen LogP contribution in [-0.2, 0) is 0 Å². The summed E-state index contributed by atoms with van der Waals surface area (Å²) in [4.78, 5) is 2.44. The molecule has 0 unspecified atom stereocenters. The Labute approximate surface area is 155 Å². The minimum Gasteiger partial charge on any atom is -0.504 e. The largest absolute Gasteiger partial charge is 0.504 e. The highest BCUT2D eigenvalue weighted by Gasteiger charge is 2.35. The van der Waals surface area contributed by atoms with E-state index in [1.807, 2.05) is 6.07 Å². The molecule has 1 aromatic rings. The van der Waals surface area contributed by atoms with Crippen molar-refractivity contribution in [2.24, 2.45) is 5.92 Å². The second kappa shape index (κ2) is 9.33. The van der Waals surface area contributed by atoms with E-state index >= 15 is 0 Å². The molecule has 1 aliphatic carbocycles. The van der Waals surface area contributed by atoms with Crippen LogP contribution in [0.3, 0.4) is 0 Å². The van der Waals surface area contributed by atoms with Crippen LogP contribution in [0.1, 0.15) is 36.4 Å². The van der Waals surface area contributed by atoms with Crippen molar-refractivity contribution in [3.63, 3.8) is 0 Å². The van der Waals surface area contributed by atoms with Crippen molar-refractivity contribution in [2.45, 2.75) is 25.3 Å². The number of benzene rings is 1. The van der Waals surface area contributed by atoms with Gasteiger partial charge in [-0.2, -0.15) is 5.26 Å². The van der Waals surface area contributed by atoms with Gasteiger partial charge in [0, 0.05) is 43.9 Å². The summed E-state index contributed by atoms with van der Waals surface area (Å²) in [6, 6.07) is 5.80. The van der Waals surface area contributed by atoms with E-state index in [4.69, 9.17) is 4.74 Å². The predicted octanol–water partition coefficient (Wildman–Crippen LogP) is 2.86. The van der Waals surface area contributed by atoms with E-state index in [1.165, 1.54) is 26.4 Å². The van der Waals surface area contributed by atoms with Crippen LogP contribution in [0.5, 0.6) is 11.5 Å². The van der Waals surface area contributed by atoms with Crippen molar-refractivity contribution in [3.8, 4) is 17.6 Å². The second-order valence-corrected chi connectivity index (χ2v) is 6.15. The van der Waals surface area contributed by atoms with Crippen LogP contribution in [0.25, 0.3) is 0 Å². The van der Waals surface area contributed by atoms with Gasteiger partial charge in [0.25, 0.3) is 0 Å². The average molecular weight is 374 g/mol. The first-order valence-corrected chi connectivity index (χ1v) is 8.00. The Morgan fingerprint density at radius 3 is 2.46 bits per heavy atom. The first-order chi connectivity index (χ1) is 10.7. The fourth-order valence-corrected chi connectivity index (χ4v) is 3.54. The van der Waals surface area contributed by atoms with Crippen molar-refractivity contribution in [1.29, 1.82) is 5.26 Å². The molecule has 134 valence electrons. The zero-order valence-corrected chi connectivity index (χ0v) is 15.5. The molecule has 1 saturated carbocycles. The van der Waals surface area contributed by atoms with Gasteiger partial charge in [-0.15, -0.1) is 24.8 Å². The summed E-state index contributed by atoms with van der Waals surface area (Å²) in [6.07, 6.45) is 3.63. The molecule has 0 radical (unpaired) electrons. The van der Waals surface area contributed by atoms with Gasteiger partial charge in [0.05, 0.1) is 18.7 Å². The monoisotopic (exact) mass is 373 g/mol. The van der Waals surface area contributed by atoms with Gasteiger partial charge >= 0.3 is 0 Å². The number of phenolic OH excluding ortho intramolecular Hbond substituents is 1. The molecule has 7 heteroatoms. The molecule has 1 atom stereocenters. The smallest absolute Gasteiger partial charge is 0.162 e. The van der Waals surface area contributed by atoms with Crippen LogP contribution in [-0.4, -0.2) is 43.3 Å². The van der Waals surface area contributed by atoms with Gasteiger partial charge in [-0.1, -0.05) is 6.42 Å². The zero-order valence-electron chi connectivity index (χ0n) is 13.8. The molecule has 1 aliphatic heterocycles. The molecule has 2 N–H and O–H groups in total. The van der Waals surface area contributed by atoms with Crippen molar-refractivity contribution in [2.75, 3.05) is 33.3 Å². The maximum Gasteiger partial charge on any atom is 0.162 e. The maximum absolute atomic E-state index is 10.6. The Hall–Kier alpha value is -1.19. The Morgan fingerprint density at radius 1 is 1.29 bits per heavy atom. The number of rotatable bonds is 4. The third-order valence-electron chi connectivity index (χ3n) is 4.91. The third kappa shape index (κ3) is 4.07. The van der Waals surface area contributed by atoms with Gasteiger partial charge in [0.1, 0.15) is 0 Å². The van der Waals surface area contributed by atoms with Crippen molar-refractivity contribution in [1.82, 2.24) is 10.2 Å². The average Bonchev–Trinajstić information content (AvgIpc) is 2.52. The van der Waals surface area contributed by atoms with Gasteiger partial charge in [-0.25, -0.2) is 0 Å². The van der Waals surface area contributed by atoms with E-state index < -0.39 is 0 Å². The number of methoxy groups -OCH3 is 1. The van der Waals surface area contributed by atoms with E-state index in [0.29, 0.717) is 17.2 Å². The maximum atomic E-state index is 10.6. The number of halogens is 2. The van der Waals surface area contributed by atoms with Crippen LogP contribution in [0.15, 0.2) is 12.1 Å². The van der Waals surface area contributed by atoms with Gasteiger partial charge < -0.3 is 15.2 Å². The Kier molecular flexibility index (Phi) is 8.11. The fourth-order valence-electron chi connectivity index (χ4n) is 3.54. The van der Waals surface area contributed by atoms with Crippen LogP contribution in [0, 0.1) is 17.2 Å². The molecule has 1 saturated heterocycles. The number of piperazine rings is 1. The number of hydrogen-bond acceptors (Lipinski definition) is 5. The van der Waals surface area contributed by atoms with Gasteiger partial charge in [0.2, 0.25) is 0 Å². The predicted molar refractivity (Wildman–Crippen MR) is 98.4 cm³/mol. The third-order valence-corrected chi connectivity index (χ3v) is 4.91. The number of hydrogen-bond donors (Lipinski definition) is 2. The Morgan fingerprint density at radius 2 is 1.96 bits per heavy atom. The molecular weight excluding hydrogens is 349 g/mol. The lowest BCUT2D eigenvalue weighted by molar-refractivity contribution is 0.0816. The van der Waals surface area contributed by atoms with E-state index in [0.717, 1.165) is 31.7 Å². The lowest BCUT2D eigenvalue weighted by atomic mass is 9.75. The van der Waals surface area contributed by atoms with E-state index in [-0.39, 0.29) is 36.6 Å². The standard InChI is InChI=1S/C17H23N3O2.2ClH/c1-22-15-10-12(11-18)9-14(17(15)21)16(13-3-2-4-13)20-7-5-19-6-8-20;;/h9-10,13,16,19,21H,2-8H2,1H3;2*1H/t16-;;/m1../s1. The highest BCUT2D eigenvalue weighted by molar-refractivity contribution is 5.85. The van der Waals surface area contributed by atoms with Crippen molar-refractivity contribution >= 4 is 24.8 Å². The summed E-state index contributed by atoms with van der Waals surface area (Å²) in [5.41, 5.74) is 1.40. The van der Waals surface area contributed by atoms with Gasteiger partial charge in [-0.05, 0) is 24.8 Å². The van der Waals surface area contributed by atoms with Gasteiger partial charge in [0.15, 0.2) is 11.5 Å². The summed E-state index contributed by atoms with van der Waals surface area (Å²) in [6.45, 7) is 3.89. The quantitative estimate of drug-likeness (QED) is 0.848. The summed E-state index contributed by atoms with van der Waals surface area (Å²) in [7, 11) is 1.53. The molecule has 1 aromatic carbocycles. The lowest BCUT2D eigenvalue weighted by Crippen LogP contribution is -2.47. The van der Waals surface area contributed by atoms with Crippen LogP contribution in [0.2, 0.25) is 0 Å². The number of nitriles is 1. The summed E-state index contributed by atoms with van der Waals surface area (Å²) in [5.74, 6) is 1.15. The molecule has 24 heavy (non-hydrogen) atoms. The molecule has 1 heterocycles. The van der Waals surface area contributed by atoms with Crippen LogP contribution >= 0.6 is 24.8 Å². The van der Waals surface area contributed by atoms with Crippen molar-refractivity contribution < 1.29 is 9.84 Å². The minimum atomic E-state index is 0. The lowest BCUT2D eigenvalue weighted by Gasteiger charge is -2.43. The summed E-state index contributed by atoms with van der Waals surface area (Å²) < 4.78 is 5.27. The summed E-state index contributed by atoms with van der Waals surface area (Å²) >= 11 is 0. The highest BCUT2D eigenvalue weighted by Crippen LogP contribution is 2.46. The van der Waals surface area contributed by atoms with Crippen LogP contribution in [0.4, 0.5) is 0 Å². The molecule has 0 amide bonds. The molecule has 3 rings (SSSR count). The highest BCUT2D eigenvalue weighted by atomic mass is 35.5. The van der Waals surface area contributed by atoms with Crippen molar-refractivity contribution in [3.05, 3.63) is 23.3 Å². The number of nitrogens with one attached hydrogen (secondary N) is 1. The van der Waals surface area contributed by atoms with E-state index in [1.54, 1.807) is 6.07 Å². The zero-order chi connectivity index (χ0) is 15.5. The number of phenols is 1. The summed E-state index contributed by atoms with van der Waals surface area (Å²) in [5, 5.41) is 23.2. The molecule has 5 nitrogen and oxygen atoms in total. The molecule has 2 aliphatic rings. The minimum absolute atomic E-state index is 0. The fraction of sp³-hybridized carbons (Fsp3) is 0.588.